The number of hydrogen-bond acceptors (Lipinski definition) is 4. The molecule has 6 nitrogen and oxygen atoms in total. The van der Waals surface area contributed by atoms with Crippen molar-refractivity contribution in [2.45, 2.75) is 56.8 Å². The van der Waals surface area contributed by atoms with Gasteiger partial charge < -0.3 is 15.4 Å². The van der Waals surface area contributed by atoms with E-state index >= 15 is 0 Å². The molecule has 0 unspecified atom stereocenters. The van der Waals surface area contributed by atoms with Crippen molar-refractivity contribution in [2.24, 2.45) is 0 Å². The average Bonchev–Trinajstić information content (AvgIpc) is 3.42. The van der Waals surface area contributed by atoms with E-state index in [0.29, 0.717) is 12.7 Å². The summed E-state index contributed by atoms with van der Waals surface area (Å²) in [5.41, 5.74) is 1.33. The summed E-state index contributed by atoms with van der Waals surface area (Å²) in [7, 11) is 0. The molecule has 1 aliphatic heterocycles. The summed E-state index contributed by atoms with van der Waals surface area (Å²) in [6, 6.07) is 9.86. The second-order valence-corrected chi connectivity index (χ2v) is 7.60. The van der Waals surface area contributed by atoms with Crippen LogP contribution in [0.15, 0.2) is 42.7 Å². The lowest BCUT2D eigenvalue weighted by molar-refractivity contribution is -0.126. The maximum absolute atomic E-state index is 13.1. The van der Waals surface area contributed by atoms with Gasteiger partial charge in [-0.2, -0.15) is 5.10 Å². The molecule has 2 N–H and O–H groups in total. The molecule has 2 aromatic rings. The molecule has 1 aromatic heterocycles. The van der Waals surface area contributed by atoms with Crippen LogP contribution in [0, 0.1) is 0 Å². The third-order valence-corrected chi connectivity index (χ3v) is 5.80. The van der Waals surface area contributed by atoms with Gasteiger partial charge in [0.15, 0.2) is 0 Å². The van der Waals surface area contributed by atoms with Crippen LogP contribution in [0.5, 0.6) is 0 Å². The standard InChI is InChI=1S/C21H28N4O2.ClH/c26-20(21(10-13-22-14-11-21)25-15-3-12-23-25)24-18-8-6-17(7-9-18)16-27-19-4-1-2-5-19;/h3,6-9,12,15,19,22H,1-2,4-5,10-11,13-14,16H2,(H,24,26);1H. The maximum Gasteiger partial charge on any atom is 0.252 e. The van der Waals surface area contributed by atoms with E-state index in [1.165, 1.54) is 25.7 Å². The highest BCUT2D eigenvalue weighted by atomic mass is 35.5. The zero-order valence-corrected chi connectivity index (χ0v) is 16.9. The SMILES string of the molecule is Cl.O=C(Nc1ccc(COC2CCCC2)cc1)C1(n2cccn2)CCNCC1. The third kappa shape index (κ3) is 4.57. The van der Waals surface area contributed by atoms with Gasteiger partial charge in [0.05, 0.1) is 12.7 Å². The Morgan fingerprint density at radius 2 is 1.93 bits per heavy atom. The number of benzene rings is 1. The molecule has 0 atom stereocenters. The van der Waals surface area contributed by atoms with E-state index in [2.05, 4.69) is 15.7 Å². The topological polar surface area (TPSA) is 68.2 Å². The normalized spacial score (nSPS) is 19.1. The minimum atomic E-state index is -0.626. The van der Waals surface area contributed by atoms with Gasteiger partial charge in [-0.05, 0) is 62.5 Å². The summed E-state index contributed by atoms with van der Waals surface area (Å²) >= 11 is 0. The molecule has 152 valence electrons. The van der Waals surface area contributed by atoms with Crippen molar-refractivity contribution in [2.75, 3.05) is 18.4 Å². The quantitative estimate of drug-likeness (QED) is 0.773. The third-order valence-electron chi connectivity index (χ3n) is 5.80. The number of aromatic nitrogens is 2. The van der Waals surface area contributed by atoms with E-state index in [4.69, 9.17) is 4.74 Å². The molecule has 2 fully saturated rings. The predicted octanol–water partition coefficient (Wildman–Crippen LogP) is 3.48. The van der Waals surface area contributed by atoms with E-state index in [0.717, 1.165) is 37.2 Å². The number of rotatable bonds is 6. The lowest BCUT2D eigenvalue weighted by Gasteiger charge is -2.36. The molecular weight excluding hydrogens is 376 g/mol. The molecule has 7 heteroatoms. The number of amides is 1. The smallest absolute Gasteiger partial charge is 0.252 e. The Balaban J connectivity index is 0.00000225. The molecule has 2 heterocycles. The minimum Gasteiger partial charge on any atom is -0.374 e. The van der Waals surface area contributed by atoms with Gasteiger partial charge >= 0.3 is 0 Å². The van der Waals surface area contributed by atoms with Crippen LogP contribution < -0.4 is 10.6 Å². The summed E-state index contributed by atoms with van der Waals surface area (Å²) in [4.78, 5) is 13.1. The second-order valence-electron chi connectivity index (χ2n) is 7.60. The second kappa shape index (κ2) is 9.54. The van der Waals surface area contributed by atoms with E-state index in [9.17, 15) is 4.79 Å². The minimum absolute atomic E-state index is 0. The Kier molecular flexibility index (Phi) is 7.10. The van der Waals surface area contributed by atoms with Gasteiger partial charge in [-0.15, -0.1) is 12.4 Å². The highest BCUT2D eigenvalue weighted by molar-refractivity contribution is 5.96. The largest absolute Gasteiger partial charge is 0.374 e. The Labute approximate surface area is 172 Å². The summed E-state index contributed by atoms with van der Waals surface area (Å²) in [6.07, 6.45) is 10.4. The number of carbonyl (C=O) groups is 1. The zero-order valence-electron chi connectivity index (χ0n) is 16.1. The first-order chi connectivity index (χ1) is 13.3. The number of carbonyl (C=O) groups excluding carboxylic acids is 1. The maximum atomic E-state index is 13.1. The van der Waals surface area contributed by atoms with E-state index < -0.39 is 5.54 Å². The Bertz CT molecular complexity index is 736. The van der Waals surface area contributed by atoms with Crippen molar-refractivity contribution in [3.05, 3.63) is 48.3 Å². The van der Waals surface area contributed by atoms with Crippen LogP contribution >= 0.6 is 12.4 Å². The van der Waals surface area contributed by atoms with Crippen molar-refractivity contribution < 1.29 is 9.53 Å². The Hall–Kier alpha value is -1.89. The predicted molar refractivity (Wildman–Crippen MR) is 112 cm³/mol. The first kappa shape index (κ1) is 20.8. The number of anilines is 1. The number of halogens is 1. The number of hydrogen-bond donors (Lipinski definition) is 2. The lowest BCUT2D eigenvalue weighted by Crippen LogP contribution is -2.52. The van der Waals surface area contributed by atoms with Crippen LogP contribution in [0.2, 0.25) is 0 Å². The Morgan fingerprint density at radius 1 is 1.21 bits per heavy atom. The summed E-state index contributed by atoms with van der Waals surface area (Å²) in [6.45, 7) is 2.26. The molecule has 28 heavy (non-hydrogen) atoms. The van der Waals surface area contributed by atoms with Crippen LogP contribution in [-0.2, 0) is 21.7 Å². The number of ether oxygens (including phenoxy) is 1. The van der Waals surface area contributed by atoms with Crippen molar-refractivity contribution >= 4 is 24.0 Å². The highest BCUT2D eigenvalue weighted by Crippen LogP contribution is 2.29. The molecule has 0 radical (unpaired) electrons. The summed E-state index contributed by atoms with van der Waals surface area (Å²) in [5.74, 6) is 0.00246. The molecule has 1 saturated carbocycles. The van der Waals surface area contributed by atoms with Crippen LogP contribution in [0.4, 0.5) is 5.69 Å². The van der Waals surface area contributed by atoms with Crippen LogP contribution in [0.3, 0.4) is 0 Å². The van der Waals surface area contributed by atoms with Crippen LogP contribution in [-0.4, -0.2) is 34.9 Å². The van der Waals surface area contributed by atoms with Crippen molar-refractivity contribution in [1.82, 2.24) is 15.1 Å². The monoisotopic (exact) mass is 404 g/mol. The van der Waals surface area contributed by atoms with Crippen LogP contribution in [0.25, 0.3) is 0 Å². The first-order valence-electron chi connectivity index (χ1n) is 9.99. The number of nitrogens with one attached hydrogen (secondary N) is 2. The highest BCUT2D eigenvalue weighted by Gasteiger charge is 2.42. The molecule has 4 rings (SSSR count). The molecule has 1 amide bonds. The van der Waals surface area contributed by atoms with E-state index in [1.807, 2.05) is 41.2 Å². The molecule has 2 aliphatic rings. The van der Waals surface area contributed by atoms with Crippen molar-refractivity contribution in [3.8, 4) is 0 Å². The molecule has 1 aliphatic carbocycles. The van der Waals surface area contributed by atoms with Crippen LogP contribution in [0.1, 0.15) is 44.1 Å². The fourth-order valence-electron chi connectivity index (χ4n) is 4.12. The average molecular weight is 405 g/mol. The summed E-state index contributed by atoms with van der Waals surface area (Å²) in [5, 5.41) is 10.8. The molecule has 0 bridgehead atoms. The molecule has 1 aromatic carbocycles. The fourth-order valence-corrected chi connectivity index (χ4v) is 4.12. The van der Waals surface area contributed by atoms with Gasteiger partial charge in [0, 0.05) is 18.1 Å². The fraction of sp³-hybridized carbons (Fsp3) is 0.524. The van der Waals surface area contributed by atoms with Gasteiger partial charge in [-0.25, -0.2) is 0 Å². The molecular formula is C21H29ClN4O2. The summed E-state index contributed by atoms with van der Waals surface area (Å²) < 4.78 is 7.78. The van der Waals surface area contributed by atoms with Crippen molar-refractivity contribution in [3.63, 3.8) is 0 Å². The van der Waals surface area contributed by atoms with Gasteiger partial charge in [-0.1, -0.05) is 25.0 Å². The molecule has 1 saturated heterocycles. The van der Waals surface area contributed by atoms with Crippen molar-refractivity contribution in [1.29, 1.82) is 0 Å². The van der Waals surface area contributed by atoms with Gasteiger partial charge in [0.2, 0.25) is 0 Å². The lowest BCUT2D eigenvalue weighted by atomic mass is 9.87. The first-order valence-corrected chi connectivity index (χ1v) is 9.99. The van der Waals surface area contributed by atoms with E-state index in [1.54, 1.807) is 6.20 Å². The molecule has 0 spiro atoms. The number of piperidine rings is 1. The Morgan fingerprint density at radius 3 is 2.57 bits per heavy atom. The van der Waals surface area contributed by atoms with Gasteiger partial charge in [-0.3, -0.25) is 9.48 Å². The zero-order chi connectivity index (χ0) is 18.5. The van der Waals surface area contributed by atoms with Gasteiger partial charge in [0.1, 0.15) is 5.54 Å². The van der Waals surface area contributed by atoms with Gasteiger partial charge in [0.25, 0.3) is 5.91 Å². The number of nitrogens with zero attached hydrogens (tertiary/aromatic N) is 2. The van der Waals surface area contributed by atoms with E-state index in [-0.39, 0.29) is 18.3 Å².